The summed E-state index contributed by atoms with van der Waals surface area (Å²) >= 11 is 11.0. The second kappa shape index (κ2) is 6.32. The Labute approximate surface area is 103 Å². The van der Waals surface area contributed by atoms with Gasteiger partial charge in [0.1, 0.15) is 0 Å². The van der Waals surface area contributed by atoms with Gasteiger partial charge in [-0.05, 0) is 11.6 Å². The van der Waals surface area contributed by atoms with Gasteiger partial charge in [0.05, 0.1) is 6.42 Å². The van der Waals surface area contributed by atoms with E-state index in [1.54, 1.807) is 24.3 Å². The van der Waals surface area contributed by atoms with E-state index in [1.165, 1.54) is 0 Å². The molecule has 0 radical (unpaired) electrons. The lowest BCUT2D eigenvalue weighted by Crippen LogP contribution is -2.44. The van der Waals surface area contributed by atoms with Crippen molar-refractivity contribution in [3.63, 3.8) is 0 Å². The molecule has 1 rings (SSSR count). The number of halogens is 2. The van der Waals surface area contributed by atoms with Gasteiger partial charge in [0.15, 0.2) is 0 Å². The fraction of sp³-hybridized carbons (Fsp3) is 0.111. The summed E-state index contributed by atoms with van der Waals surface area (Å²) < 4.78 is 3.20. The number of amides is 1. The molecule has 0 aliphatic carbocycles. The lowest BCUT2D eigenvalue weighted by molar-refractivity contribution is -0.119. The van der Waals surface area contributed by atoms with Gasteiger partial charge in [-0.25, -0.2) is 5.84 Å². The predicted octanol–water partition coefficient (Wildman–Crippen LogP) is 0.972. The number of carbonyl (C=O) groups is 1. The average Bonchev–Trinajstić information content (AvgIpc) is 2.29. The highest BCUT2D eigenvalue weighted by Crippen LogP contribution is 2.15. The fourth-order valence-electron chi connectivity index (χ4n) is 1.07. The maximum Gasteiger partial charge on any atom is 0.231 e. The predicted molar refractivity (Wildman–Crippen MR) is 63.9 cm³/mol. The molecule has 0 aliphatic rings. The minimum absolute atomic E-state index is 0.0151. The molecule has 0 aromatic heterocycles. The summed E-state index contributed by atoms with van der Waals surface area (Å²) in [5, 5.41) is 2.91. The van der Waals surface area contributed by atoms with Gasteiger partial charge in [0.2, 0.25) is 11.9 Å². The summed E-state index contributed by atoms with van der Waals surface area (Å²) in [6.07, 6.45) is 0.122. The number of rotatable bonds is 2. The Morgan fingerprint density at radius 3 is 2.69 bits per heavy atom. The zero-order valence-corrected chi connectivity index (χ0v) is 9.72. The molecule has 1 amide bonds. The van der Waals surface area contributed by atoms with E-state index in [2.05, 4.69) is 15.3 Å². The van der Waals surface area contributed by atoms with E-state index in [0.29, 0.717) is 10.6 Å². The van der Waals surface area contributed by atoms with Crippen molar-refractivity contribution < 1.29 is 4.79 Å². The van der Waals surface area contributed by atoms with E-state index in [1.807, 2.05) is 0 Å². The molecule has 0 atom stereocenters. The van der Waals surface area contributed by atoms with Crippen LogP contribution in [0.15, 0.2) is 28.8 Å². The molecular formula is C9H10Cl2N4O. The second-order valence-corrected chi connectivity index (χ2v) is 3.47. The normalized spacial score (nSPS) is 11.1. The lowest BCUT2D eigenvalue weighted by atomic mass is 10.1. The Balaban J connectivity index is 2.62. The molecule has 1 aromatic carbocycles. The quantitative estimate of drug-likeness (QED) is 0.321. The number of nitrogens with one attached hydrogen (secondary N) is 2. The number of nitrogens with two attached hydrogens (primary N) is 1. The van der Waals surface area contributed by atoms with Crippen molar-refractivity contribution >= 4 is 35.2 Å². The van der Waals surface area contributed by atoms with E-state index in [9.17, 15) is 4.79 Å². The Hall–Kier alpha value is -1.30. The first-order valence-corrected chi connectivity index (χ1v) is 5.07. The van der Waals surface area contributed by atoms with E-state index >= 15 is 0 Å². The van der Waals surface area contributed by atoms with Gasteiger partial charge in [-0.2, -0.15) is 0 Å². The number of carbonyl (C=O) groups excluding carboxylic acids is 1. The summed E-state index contributed by atoms with van der Waals surface area (Å²) in [5.74, 6) is 4.72. The highest BCUT2D eigenvalue weighted by atomic mass is 35.5. The van der Waals surface area contributed by atoms with Crippen LogP contribution in [0.3, 0.4) is 0 Å². The third-order valence-electron chi connectivity index (χ3n) is 1.79. The van der Waals surface area contributed by atoms with E-state index < -0.39 is 0 Å². The molecule has 0 fully saturated rings. The van der Waals surface area contributed by atoms with Crippen molar-refractivity contribution in [1.29, 1.82) is 0 Å². The molecule has 16 heavy (non-hydrogen) atoms. The first kappa shape index (κ1) is 12.8. The summed E-state index contributed by atoms with van der Waals surface area (Å²) in [4.78, 5) is 11.5. The van der Waals surface area contributed by atoms with Crippen LogP contribution in [0.25, 0.3) is 0 Å². The number of benzene rings is 1. The van der Waals surface area contributed by atoms with Crippen LogP contribution in [0, 0.1) is 0 Å². The van der Waals surface area contributed by atoms with Gasteiger partial charge >= 0.3 is 0 Å². The van der Waals surface area contributed by atoms with Crippen molar-refractivity contribution in [3.8, 4) is 0 Å². The molecule has 0 saturated heterocycles. The molecule has 4 N–H and O–H groups in total. The Morgan fingerprint density at radius 1 is 1.44 bits per heavy atom. The molecule has 0 saturated carbocycles. The van der Waals surface area contributed by atoms with Crippen LogP contribution in [0.4, 0.5) is 0 Å². The average molecular weight is 261 g/mol. The Kier molecular flexibility index (Phi) is 5.04. The maximum atomic E-state index is 11.5. The van der Waals surface area contributed by atoms with E-state index in [4.69, 9.17) is 29.2 Å². The van der Waals surface area contributed by atoms with Gasteiger partial charge in [0, 0.05) is 16.8 Å². The zero-order valence-electron chi connectivity index (χ0n) is 8.21. The van der Waals surface area contributed by atoms with Crippen LogP contribution in [-0.2, 0) is 11.2 Å². The number of hydrazine groups is 1. The SMILES string of the molecule is NNC(=NCl)NC(=O)Cc1ccccc1Cl. The molecule has 0 unspecified atom stereocenters. The molecule has 0 bridgehead atoms. The van der Waals surface area contributed by atoms with Crippen molar-refractivity contribution in [2.24, 2.45) is 10.4 Å². The molecule has 0 aliphatic heterocycles. The first-order valence-electron chi connectivity index (χ1n) is 4.36. The third kappa shape index (κ3) is 3.69. The third-order valence-corrected chi connectivity index (χ3v) is 2.33. The van der Waals surface area contributed by atoms with Gasteiger partial charge in [-0.3, -0.25) is 15.5 Å². The topological polar surface area (TPSA) is 79.5 Å². The monoisotopic (exact) mass is 260 g/mol. The number of guanidine groups is 1. The van der Waals surface area contributed by atoms with Crippen molar-refractivity contribution in [2.45, 2.75) is 6.42 Å². The highest BCUT2D eigenvalue weighted by Gasteiger charge is 2.08. The van der Waals surface area contributed by atoms with Crippen LogP contribution < -0.4 is 16.6 Å². The van der Waals surface area contributed by atoms with Crippen LogP contribution >= 0.6 is 23.4 Å². The maximum absolute atomic E-state index is 11.5. The summed E-state index contributed by atoms with van der Waals surface area (Å²) in [6, 6.07) is 7.06. The molecule has 0 spiro atoms. The minimum Gasteiger partial charge on any atom is -0.294 e. The number of hydrogen-bond donors (Lipinski definition) is 3. The summed E-state index contributed by atoms with van der Waals surface area (Å²) in [6.45, 7) is 0. The fourth-order valence-corrected chi connectivity index (χ4v) is 1.37. The second-order valence-electron chi connectivity index (χ2n) is 2.89. The lowest BCUT2D eigenvalue weighted by Gasteiger charge is -2.06. The standard InChI is InChI=1S/C9H10Cl2N4O/c10-7-4-2-1-3-6(7)5-8(16)13-9(14-11)15-12/h1-4H,5,12H2,(H2,13,14,15,16). The van der Waals surface area contributed by atoms with Crippen LogP contribution in [0.5, 0.6) is 0 Å². The smallest absolute Gasteiger partial charge is 0.231 e. The molecular weight excluding hydrogens is 251 g/mol. The highest BCUT2D eigenvalue weighted by molar-refractivity contribution is 6.31. The molecule has 86 valence electrons. The van der Waals surface area contributed by atoms with Crippen molar-refractivity contribution in [3.05, 3.63) is 34.9 Å². The van der Waals surface area contributed by atoms with Gasteiger partial charge < -0.3 is 0 Å². The van der Waals surface area contributed by atoms with Crippen LogP contribution in [0.2, 0.25) is 5.02 Å². The van der Waals surface area contributed by atoms with Crippen molar-refractivity contribution in [2.75, 3.05) is 0 Å². The van der Waals surface area contributed by atoms with Gasteiger partial charge in [-0.15, -0.1) is 4.51 Å². The molecule has 7 heteroatoms. The number of hydrogen-bond acceptors (Lipinski definition) is 3. The van der Waals surface area contributed by atoms with Crippen molar-refractivity contribution in [1.82, 2.24) is 10.7 Å². The first-order chi connectivity index (χ1) is 7.67. The van der Waals surface area contributed by atoms with Gasteiger partial charge in [-0.1, -0.05) is 29.8 Å². The molecule has 0 heterocycles. The molecule has 1 aromatic rings. The van der Waals surface area contributed by atoms with Crippen LogP contribution in [0.1, 0.15) is 5.56 Å². The van der Waals surface area contributed by atoms with Crippen LogP contribution in [-0.4, -0.2) is 11.9 Å². The Bertz CT molecular complexity index is 408. The Morgan fingerprint density at radius 2 is 2.12 bits per heavy atom. The summed E-state index contributed by atoms with van der Waals surface area (Å²) in [7, 11) is 0. The zero-order chi connectivity index (χ0) is 12.0. The van der Waals surface area contributed by atoms with E-state index in [-0.39, 0.29) is 18.3 Å². The van der Waals surface area contributed by atoms with E-state index in [0.717, 1.165) is 0 Å². The summed E-state index contributed by atoms with van der Waals surface area (Å²) in [5.41, 5.74) is 2.85. The molecule has 5 nitrogen and oxygen atoms in total. The largest absolute Gasteiger partial charge is 0.294 e. The number of nitrogens with zero attached hydrogens (tertiary/aromatic N) is 1. The minimum atomic E-state index is -0.314. The van der Waals surface area contributed by atoms with Gasteiger partial charge in [0.25, 0.3) is 0 Å².